The number of hydrogen-bond acceptors (Lipinski definition) is 3. The molecule has 0 saturated heterocycles. The Morgan fingerprint density at radius 1 is 1.26 bits per heavy atom. The first-order valence-electron chi connectivity index (χ1n) is 7.49. The highest BCUT2D eigenvalue weighted by Crippen LogP contribution is 2.23. The van der Waals surface area contributed by atoms with Crippen molar-refractivity contribution in [3.8, 4) is 0 Å². The minimum Gasteiger partial charge on any atom is -0.451 e. The summed E-state index contributed by atoms with van der Waals surface area (Å²) in [6, 6.07) is 6.81. The largest absolute Gasteiger partial charge is 0.451 e. The fourth-order valence-electron chi connectivity index (χ4n) is 2.23. The second kappa shape index (κ2) is 6.62. The van der Waals surface area contributed by atoms with Crippen molar-refractivity contribution in [3.05, 3.63) is 35.0 Å². The fraction of sp³-hybridized carbons (Fsp3) is 0.412. The molecule has 2 amide bonds. The van der Waals surface area contributed by atoms with E-state index in [2.05, 4.69) is 5.32 Å². The summed E-state index contributed by atoms with van der Waals surface area (Å²) < 4.78 is 5.57. The third-order valence-corrected chi connectivity index (χ3v) is 3.44. The zero-order valence-corrected chi connectivity index (χ0v) is 14.5. The molecular weight excluding hydrogens is 316 g/mol. The molecule has 5 nitrogen and oxygen atoms in total. The van der Waals surface area contributed by atoms with E-state index in [4.69, 9.17) is 16.0 Å². The molecule has 0 fully saturated rings. The molecule has 1 aromatic heterocycles. The molecule has 0 radical (unpaired) electrons. The van der Waals surface area contributed by atoms with Crippen molar-refractivity contribution in [3.63, 3.8) is 0 Å². The molecule has 0 aliphatic carbocycles. The van der Waals surface area contributed by atoms with Gasteiger partial charge in [-0.15, -0.1) is 0 Å². The molecule has 0 saturated carbocycles. The van der Waals surface area contributed by atoms with Gasteiger partial charge in [-0.2, -0.15) is 0 Å². The molecule has 6 heteroatoms. The molecule has 0 unspecified atom stereocenters. The minimum absolute atomic E-state index is 0.00952. The van der Waals surface area contributed by atoms with Gasteiger partial charge in [0.05, 0.1) is 6.54 Å². The fourth-order valence-corrected chi connectivity index (χ4v) is 2.41. The van der Waals surface area contributed by atoms with Crippen LogP contribution in [0.1, 0.15) is 38.2 Å². The van der Waals surface area contributed by atoms with Crippen molar-refractivity contribution >= 4 is 34.4 Å². The molecule has 2 rings (SSSR count). The van der Waals surface area contributed by atoms with E-state index >= 15 is 0 Å². The number of carbonyl (C=O) groups excluding carboxylic acids is 2. The standard InChI is InChI=1S/C17H21ClN2O3/c1-5-20(10-15(21)19-17(2,3)4)16(22)14-9-11-8-12(18)6-7-13(11)23-14/h6-9H,5,10H2,1-4H3,(H,19,21). The molecule has 0 atom stereocenters. The van der Waals surface area contributed by atoms with Gasteiger partial charge >= 0.3 is 0 Å². The molecule has 0 aliphatic rings. The number of halogens is 1. The SMILES string of the molecule is CCN(CC(=O)NC(C)(C)C)C(=O)c1cc2cc(Cl)ccc2o1. The van der Waals surface area contributed by atoms with Crippen molar-refractivity contribution in [2.24, 2.45) is 0 Å². The van der Waals surface area contributed by atoms with Crippen LogP contribution in [0.3, 0.4) is 0 Å². The lowest BCUT2D eigenvalue weighted by Crippen LogP contribution is -2.47. The molecule has 0 aliphatic heterocycles. The van der Waals surface area contributed by atoms with Crippen LogP contribution >= 0.6 is 11.6 Å². The van der Waals surface area contributed by atoms with Gasteiger partial charge in [0.2, 0.25) is 5.91 Å². The van der Waals surface area contributed by atoms with E-state index in [1.54, 1.807) is 24.3 Å². The number of likely N-dealkylation sites (N-methyl/N-ethyl adjacent to an activating group) is 1. The Balaban J connectivity index is 2.16. The van der Waals surface area contributed by atoms with E-state index in [1.165, 1.54) is 4.90 Å². The number of hydrogen-bond donors (Lipinski definition) is 1. The maximum Gasteiger partial charge on any atom is 0.290 e. The summed E-state index contributed by atoms with van der Waals surface area (Å²) in [6.45, 7) is 7.91. The summed E-state index contributed by atoms with van der Waals surface area (Å²) in [7, 11) is 0. The monoisotopic (exact) mass is 336 g/mol. The van der Waals surface area contributed by atoms with Crippen LogP contribution in [0.5, 0.6) is 0 Å². The second-order valence-corrected chi connectivity index (χ2v) is 6.85. The summed E-state index contributed by atoms with van der Waals surface area (Å²) in [6.07, 6.45) is 0. The highest BCUT2D eigenvalue weighted by atomic mass is 35.5. The minimum atomic E-state index is -0.338. The molecule has 2 aromatic rings. The van der Waals surface area contributed by atoms with Gasteiger partial charge in [0.15, 0.2) is 5.76 Å². The van der Waals surface area contributed by atoms with Crippen molar-refractivity contribution in [2.45, 2.75) is 33.2 Å². The smallest absolute Gasteiger partial charge is 0.290 e. The lowest BCUT2D eigenvalue weighted by atomic mass is 10.1. The molecule has 0 spiro atoms. The topological polar surface area (TPSA) is 62.6 Å². The van der Waals surface area contributed by atoms with E-state index < -0.39 is 0 Å². The Morgan fingerprint density at radius 2 is 1.96 bits per heavy atom. The lowest BCUT2D eigenvalue weighted by molar-refractivity contribution is -0.123. The average molecular weight is 337 g/mol. The van der Waals surface area contributed by atoms with Gasteiger partial charge in [0.1, 0.15) is 5.58 Å². The first kappa shape index (κ1) is 17.3. The van der Waals surface area contributed by atoms with Gasteiger partial charge in [-0.05, 0) is 52.0 Å². The van der Waals surface area contributed by atoms with Crippen LogP contribution in [0.2, 0.25) is 5.02 Å². The lowest BCUT2D eigenvalue weighted by Gasteiger charge is -2.24. The first-order valence-corrected chi connectivity index (χ1v) is 7.87. The van der Waals surface area contributed by atoms with Gasteiger partial charge in [-0.25, -0.2) is 0 Å². The number of furan rings is 1. The van der Waals surface area contributed by atoms with Crippen LogP contribution in [-0.4, -0.2) is 35.3 Å². The number of carbonyl (C=O) groups is 2. The van der Waals surface area contributed by atoms with E-state index in [9.17, 15) is 9.59 Å². The molecule has 1 heterocycles. The van der Waals surface area contributed by atoms with Crippen LogP contribution < -0.4 is 5.32 Å². The summed E-state index contributed by atoms with van der Waals surface area (Å²) in [5, 5.41) is 4.18. The zero-order valence-electron chi connectivity index (χ0n) is 13.8. The van der Waals surface area contributed by atoms with Crippen LogP contribution in [0.15, 0.2) is 28.7 Å². The summed E-state index contributed by atoms with van der Waals surface area (Å²) >= 11 is 5.94. The average Bonchev–Trinajstić information content (AvgIpc) is 2.85. The van der Waals surface area contributed by atoms with E-state index in [0.29, 0.717) is 17.2 Å². The number of nitrogens with zero attached hydrogens (tertiary/aromatic N) is 1. The van der Waals surface area contributed by atoms with Crippen molar-refractivity contribution in [1.82, 2.24) is 10.2 Å². The van der Waals surface area contributed by atoms with Crippen LogP contribution in [0, 0.1) is 0 Å². The number of nitrogens with one attached hydrogen (secondary N) is 1. The predicted octanol–water partition coefficient (Wildman–Crippen LogP) is 3.46. The van der Waals surface area contributed by atoms with Gasteiger partial charge in [0.25, 0.3) is 5.91 Å². The third kappa shape index (κ3) is 4.48. The van der Waals surface area contributed by atoms with E-state index in [0.717, 1.165) is 5.39 Å². The predicted molar refractivity (Wildman–Crippen MR) is 90.7 cm³/mol. The number of amides is 2. The quantitative estimate of drug-likeness (QED) is 0.930. The molecular formula is C17H21ClN2O3. The summed E-state index contributed by atoms with van der Waals surface area (Å²) in [4.78, 5) is 26.0. The van der Waals surface area contributed by atoms with Gasteiger partial charge in [0, 0.05) is 22.5 Å². The molecule has 124 valence electrons. The van der Waals surface area contributed by atoms with Gasteiger partial charge in [-0.1, -0.05) is 11.6 Å². The van der Waals surface area contributed by atoms with E-state index in [-0.39, 0.29) is 29.7 Å². The second-order valence-electron chi connectivity index (χ2n) is 6.41. The number of benzene rings is 1. The molecule has 23 heavy (non-hydrogen) atoms. The normalized spacial score (nSPS) is 11.5. The van der Waals surface area contributed by atoms with Gasteiger partial charge in [-0.3, -0.25) is 9.59 Å². The highest BCUT2D eigenvalue weighted by Gasteiger charge is 2.22. The number of fused-ring (bicyclic) bond motifs is 1. The number of rotatable bonds is 4. The van der Waals surface area contributed by atoms with Gasteiger partial charge < -0.3 is 14.6 Å². The first-order chi connectivity index (χ1) is 10.7. The molecule has 1 aromatic carbocycles. The Bertz CT molecular complexity index is 731. The molecule has 0 bridgehead atoms. The highest BCUT2D eigenvalue weighted by molar-refractivity contribution is 6.31. The van der Waals surface area contributed by atoms with Crippen LogP contribution in [0.4, 0.5) is 0 Å². The van der Waals surface area contributed by atoms with Crippen LogP contribution in [-0.2, 0) is 4.79 Å². The Labute approximate surface area is 140 Å². The Kier molecular flexibility index (Phi) is 5.00. The third-order valence-electron chi connectivity index (χ3n) is 3.21. The van der Waals surface area contributed by atoms with Crippen molar-refractivity contribution < 1.29 is 14.0 Å². The Morgan fingerprint density at radius 3 is 2.57 bits per heavy atom. The van der Waals surface area contributed by atoms with Crippen LogP contribution in [0.25, 0.3) is 11.0 Å². The van der Waals surface area contributed by atoms with Crippen molar-refractivity contribution in [2.75, 3.05) is 13.1 Å². The summed E-state index contributed by atoms with van der Waals surface area (Å²) in [5.41, 5.74) is 0.253. The van der Waals surface area contributed by atoms with E-state index in [1.807, 2.05) is 27.7 Å². The van der Waals surface area contributed by atoms with Crippen molar-refractivity contribution in [1.29, 1.82) is 0 Å². The Hall–Kier alpha value is -2.01. The summed E-state index contributed by atoms with van der Waals surface area (Å²) in [5.74, 6) is -0.316. The zero-order chi connectivity index (χ0) is 17.2. The maximum atomic E-state index is 12.6. The molecule has 1 N–H and O–H groups in total. The maximum absolute atomic E-state index is 12.6.